The second kappa shape index (κ2) is 7.73. The van der Waals surface area contributed by atoms with Crippen LogP contribution in [-0.4, -0.2) is 43.5 Å². The van der Waals surface area contributed by atoms with E-state index in [0.29, 0.717) is 5.56 Å². The Morgan fingerprint density at radius 1 is 1.00 bits per heavy atom. The molecule has 2 fully saturated rings. The number of nitrogens with zero attached hydrogens (tertiary/aromatic N) is 2. The van der Waals surface area contributed by atoms with Gasteiger partial charge in [-0.2, -0.15) is 0 Å². The van der Waals surface area contributed by atoms with Crippen LogP contribution in [-0.2, 0) is 0 Å². The maximum Gasteiger partial charge on any atom is 0.255 e. The minimum absolute atomic E-state index is 0.0514. The number of piperazine rings is 1. The lowest BCUT2D eigenvalue weighted by Crippen LogP contribution is -2.47. The number of carbonyl (C=O) groups is 1. The fraction of sp³-hybridized carbons (Fsp3) is 0.435. The van der Waals surface area contributed by atoms with Gasteiger partial charge in [0.2, 0.25) is 0 Å². The summed E-state index contributed by atoms with van der Waals surface area (Å²) < 4.78 is 0. The van der Waals surface area contributed by atoms with Crippen LogP contribution in [0.1, 0.15) is 34.3 Å². The van der Waals surface area contributed by atoms with Gasteiger partial charge in [0.15, 0.2) is 0 Å². The van der Waals surface area contributed by atoms with Crippen molar-refractivity contribution in [2.75, 3.05) is 42.9 Å². The van der Waals surface area contributed by atoms with E-state index in [0.717, 1.165) is 43.3 Å². The molecule has 1 N–H and O–H groups in total. The Morgan fingerprint density at radius 3 is 2.48 bits per heavy atom. The molecule has 0 radical (unpaired) electrons. The van der Waals surface area contributed by atoms with E-state index in [1.807, 2.05) is 37.3 Å². The van der Waals surface area contributed by atoms with Crippen molar-refractivity contribution < 1.29 is 4.79 Å². The summed E-state index contributed by atoms with van der Waals surface area (Å²) in [6.07, 6.45) is 2.84. The van der Waals surface area contributed by atoms with Gasteiger partial charge in [-0.1, -0.05) is 12.1 Å². The topological polar surface area (TPSA) is 35.6 Å². The molecule has 0 atom stereocenters. The predicted octanol–water partition coefficient (Wildman–Crippen LogP) is 4.09. The molecule has 4 heteroatoms. The molecule has 0 bridgehead atoms. The molecule has 0 unspecified atom stereocenters. The number of nitrogens with one attached hydrogen (secondary N) is 1. The van der Waals surface area contributed by atoms with Crippen LogP contribution in [0.2, 0.25) is 0 Å². The Kier molecular flexibility index (Phi) is 5.17. The predicted molar refractivity (Wildman–Crippen MR) is 112 cm³/mol. The Bertz CT molecular complexity index is 820. The van der Waals surface area contributed by atoms with Gasteiger partial charge in [-0.15, -0.1) is 0 Å². The molecule has 0 aromatic heterocycles. The van der Waals surface area contributed by atoms with E-state index in [2.05, 4.69) is 34.2 Å². The summed E-state index contributed by atoms with van der Waals surface area (Å²) in [4.78, 5) is 17.6. The number of hydrogen-bond donors (Lipinski definition) is 1. The zero-order chi connectivity index (χ0) is 18.8. The zero-order valence-electron chi connectivity index (χ0n) is 16.4. The summed E-state index contributed by atoms with van der Waals surface area (Å²) in [5.74, 6) is 0.907. The minimum atomic E-state index is -0.0514. The number of rotatable bonds is 5. The molecule has 1 heterocycles. The average molecular weight is 364 g/mol. The van der Waals surface area contributed by atoms with Gasteiger partial charge in [-0.05, 0) is 74.1 Å². The summed E-state index contributed by atoms with van der Waals surface area (Å²) in [6.45, 7) is 9.76. The van der Waals surface area contributed by atoms with E-state index in [-0.39, 0.29) is 5.91 Å². The first-order valence-corrected chi connectivity index (χ1v) is 10.0. The Morgan fingerprint density at radius 2 is 1.78 bits per heavy atom. The summed E-state index contributed by atoms with van der Waals surface area (Å²) in [5.41, 5.74) is 5.10. The molecule has 0 spiro atoms. The second-order valence-corrected chi connectivity index (χ2v) is 8.03. The Balaban J connectivity index is 1.38. The van der Waals surface area contributed by atoms with Crippen LogP contribution < -0.4 is 10.2 Å². The molecule has 2 aliphatic rings. The van der Waals surface area contributed by atoms with E-state index in [1.165, 1.54) is 30.6 Å². The molecule has 27 heavy (non-hydrogen) atoms. The highest BCUT2D eigenvalue weighted by molar-refractivity contribution is 6.04. The SMILES string of the molecule is Cc1ccc(C(=O)Nc2cccc(N3CCN(CC4CC4)CC3)c2)cc1C. The molecule has 2 aromatic rings. The number of anilines is 2. The van der Waals surface area contributed by atoms with Gasteiger partial charge in [0.25, 0.3) is 5.91 Å². The standard InChI is InChI=1S/C23H29N3O/c1-17-6-9-20(14-18(17)2)23(27)24-21-4-3-5-22(15-21)26-12-10-25(11-13-26)16-19-7-8-19/h3-6,9,14-15,19H,7-8,10-13,16H2,1-2H3,(H,24,27). The maximum atomic E-state index is 12.6. The molecule has 142 valence electrons. The van der Waals surface area contributed by atoms with Gasteiger partial charge >= 0.3 is 0 Å². The van der Waals surface area contributed by atoms with Crippen molar-refractivity contribution in [1.82, 2.24) is 4.90 Å². The molecule has 4 rings (SSSR count). The molecular formula is C23H29N3O. The van der Waals surface area contributed by atoms with Crippen LogP contribution in [0.4, 0.5) is 11.4 Å². The fourth-order valence-corrected chi connectivity index (χ4v) is 3.72. The van der Waals surface area contributed by atoms with Crippen LogP contribution in [0, 0.1) is 19.8 Å². The van der Waals surface area contributed by atoms with E-state index in [9.17, 15) is 4.79 Å². The first-order chi connectivity index (χ1) is 13.1. The molecule has 1 aliphatic carbocycles. The number of amides is 1. The van der Waals surface area contributed by atoms with E-state index in [1.54, 1.807) is 0 Å². The molecule has 4 nitrogen and oxygen atoms in total. The second-order valence-electron chi connectivity index (χ2n) is 8.03. The van der Waals surface area contributed by atoms with Crippen molar-refractivity contribution in [2.24, 2.45) is 5.92 Å². The average Bonchev–Trinajstić information content (AvgIpc) is 3.49. The van der Waals surface area contributed by atoms with Gasteiger partial charge < -0.3 is 10.2 Å². The fourth-order valence-electron chi connectivity index (χ4n) is 3.72. The van der Waals surface area contributed by atoms with Crippen LogP contribution in [0.25, 0.3) is 0 Å². The third kappa shape index (κ3) is 4.51. The van der Waals surface area contributed by atoms with Crippen molar-refractivity contribution in [3.63, 3.8) is 0 Å². The smallest absolute Gasteiger partial charge is 0.255 e. The maximum absolute atomic E-state index is 12.6. The van der Waals surface area contributed by atoms with Gasteiger partial charge in [-0.25, -0.2) is 0 Å². The van der Waals surface area contributed by atoms with Crippen molar-refractivity contribution >= 4 is 17.3 Å². The number of aryl methyl sites for hydroxylation is 2. The lowest BCUT2D eigenvalue weighted by molar-refractivity contribution is 0.102. The first-order valence-electron chi connectivity index (χ1n) is 10.0. The van der Waals surface area contributed by atoms with Gasteiger partial charge in [0.05, 0.1) is 0 Å². The summed E-state index contributed by atoms with van der Waals surface area (Å²) in [6, 6.07) is 14.1. The number of benzene rings is 2. The van der Waals surface area contributed by atoms with E-state index < -0.39 is 0 Å². The van der Waals surface area contributed by atoms with Gasteiger partial charge in [0.1, 0.15) is 0 Å². The molecule has 2 aromatic carbocycles. The highest BCUT2D eigenvalue weighted by Crippen LogP contribution is 2.30. The number of hydrogen-bond acceptors (Lipinski definition) is 3. The molecular weight excluding hydrogens is 334 g/mol. The minimum Gasteiger partial charge on any atom is -0.369 e. The third-order valence-electron chi connectivity index (χ3n) is 5.82. The monoisotopic (exact) mass is 363 g/mol. The molecule has 1 saturated heterocycles. The normalized spacial score (nSPS) is 17.8. The summed E-state index contributed by atoms with van der Waals surface area (Å²) in [5, 5.41) is 3.05. The lowest BCUT2D eigenvalue weighted by atomic mass is 10.1. The van der Waals surface area contributed by atoms with E-state index in [4.69, 9.17) is 0 Å². The van der Waals surface area contributed by atoms with Crippen molar-refractivity contribution in [1.29, 1.82) is 0 Å². The van der Waals surface area contributed by atoms with Gasteiger partial charge in [0, 0.05) is 49.7 Å². The third-order valence-corrected chi connectivity index (χ3v) is 5.82. The number of carbonyl (C=O) groups excluding carboxylic acids is 1. The largest absolute Gasteiger partial charge is 0.369 e. The van der Waals surface area contributed by atoms with Crippen LogP contribution in [0.15, 0.2) is 42.5 Å². The highest BCUT2D eigenvalue weighted by atomic mass is 16.1. The Labute approximate surface area is 162 Å². The van der Waals surface area contributed by atoms with E-state index >= 15 is 0 Å². The first kappa shape index (κ1) is 18.1. The molecule has 1 amide bonds. The molecule has 1 saturated carbocycles. The molecule has 1 aliphatic heterocycles. The zero-order valence-corrected chi connectivity index (χ0v) is 16.4. The quantitative estimate of drug-likeness (QED) is 0.869. The highest BCUT2D eigenvalue weighted by Gasteiger charge is 2.26. The van der Waals surface area contributed by atoms with Crippen molar-refractivity contribution in [2.45, 2.75) is 26.7 Å². The van der Waals surface area contributed by atoms with Crippen LogP contribution in [0.3, 0.4) is 0 Å². The van der Waals surface area contributed by atoms with Crippen molar-refractivity contribution in [3.05, 3.63) is 59.2 Å². The lowest BCUT2D eigenvalue weighted by Gasteiger charge is -2.36. The van der Waals surface area contributed by atoms with Crippen molar-refractivity contribution in [3.8, 4) is 0 Å². The summed E-state index contributed by atoms with van der Waals surface area (Å²) >= 11 is 0. The Hall–Kier alpha value is -2.33. The van der Waals surface area contributed by atoms with Gasteiger partial charge in [-0.3, -0.25) is 9.69 Å². The van der Waals surface area contributed by atoms with Crippen LogP contribution in [0.5, 0.6) is 0 Å². The summed E-state index contributed by atoms with van der Waals surface area (Å²) in [7, 11) is 0. The van der Waals surface area contributed by atoms with Crippen LogP contribution >= 0.6 is 0 Å².